The standard InChI is InChI=1S/C12H18N2O2S/c1-9(2)17-7-6-16-11-5-3-4-10(8-11)12(15)14-13/h3-5,8-9H,6-7,13H2,1-2H3,(H,14,15). The fraction of sp³-hybridized carbons (Fsp3) is 0.417. The maximum absolute atomic E-state index is 11.3. The van der Waals surface area contributed by atoms with Gasteiger partial charge in [0.05, 0.1) is 6.61 Å². The van der Waals surface area contributed by atoms with Crippen molar-refractivity contribution >= 4 is 17.7 Å². The van der Waals surface area contributed by atoms with Crippen LogP contribution in [-0.4, -0.2) is 23.5 Å². The van der Waals surface area contributed by atoms with Crippen LogP contribution in [0.1, 0.15) is 24.2 Å². The number of nitrogen functional groups attached to an aromatic ring is 1. The van der Waals surface area contributed by atoms with E-state index >= 15 is 0 Å². The molecule has 94 valence electrons. The lowest BCUT2D eigenvalue weighted by molar-refractivity contribution is 0.0953. The monoisotopic (exact) mass is 254 g/mol. The number of ether oxygens (including phenoxy) is 1. The van der Waals surface area contributed by atoms with Gasteiger partial charge in [-0.3, -0.25) is 10.2 Å². The minimum absolute atomic E-state index is 0.313. The molecule has 1 rings (SSSR count). The average Bonchev–Trinajstić information content (AvgIpc) is 2.34. The summed E-state index contributed by atoms with van der Waals surface area (Å²) in [6.45, 7) is 4.93. The average molecular weight is 254 g/mol. The molecule has 0 aromatic heterocycles. The molecule has 0 radical (unpaired) electrons. The molecule has 17 heavy (non-hydrogen) atoms. The van der Waals surface area contributed by atoms with Gasteiger partial charge >= 0.3 is 0 Å². The Bertz CT molecular complexity index is 369. The zero-order valence-electron chi connectivity index (χ0n) is 10.1. The summed E-state index contributed by atoms with van der Waals surface area (Å²) in [6.07, 6.45) is 0. The van der Waals surface area contributed by atoms with Gasteiger partial charge in [0.2, 0.25) is 0 Å². The van der Waals surface area contributed by atoms with Crippen LogP contribution in [0.5, 0.6) is 5.75 Å². The van der Waals surface area contributed by atoms with Crippen molar-refractivity contribution in [2.45, 2.75) is 19.1 Å². The van der Waals surface area contributed by atoms with Crippen LogP contribution in [-0.2, 0) is 0 Å². The van der Waals surface area contributed by atoms with E-state index in [1.54, 1.807) is 18.2 Å². The maximum atomic E-state index is 11.3. The number of carbonyl (C=O) groups excluding carboxylic acids is 1. The van der Waals surface area contributed by atoms with Crippen molar-refractivity contribution in [2.24, 2.45) is 5.84 Å². The smallest absolute Gasteiger partial charge is 0.265 e. The lowest BCUT2D eigenvalue weighted by Crippen LogP contribution is -2.29. The molecular weight excluding hydrogens is 236 g/mol. The number of hydrazine groups is 1. The second kappa shape index (κ2) is 7.19. The zero-order chi connectivity index (χ0) is 12.7. The van der Waals surface area contributed by atoms with Crippen LogP contribution in [0.3, 0.4) is 0 Å². The molecule has 5 heteroatoms. The molecule has 0 fully saturated rings. The third-order valence-electron chi connectivity index (χ3n) is 2.03. The number of rotatable bonds is 6. The van der Waals surface area contributed by atoms with Crippen molar-refractivity contribution in [1.82, 2.24) is 5.43 Å². The van der Waals surface area contributed by atoms with E-state index in [1.807, 2.05) is 17.8 Å². The number of thioether (sulfide) groups is 1. The predicted molar refractivity (Wildman–Crippen MR) is 71.2 cm³/mol. The lowest BCUT2D eigenvalue weighted by atomic mass is 10.2. The Hall–Kier alpha value is -1.20. The van der Waals surface area contributed by atoms with E-state index in [4.69, 9.17) is 10.6 Å². The first-order valence-electron chi connectivity index (χ1n) is 5.49. The van der Waals surface area contributed by atoms with Gasteiger partial charge < -0.3 is 4.74 Å². The largest absolute Gasteiger partial charge is 0.493 e. The van der Waals surface area contributed by atoms with Gasteiger partial charge in [-0.05, 0) is 23.4 Å². The van der Waals surface area contributed by atoms with Gasteiger partial charge in [-0.1, -0.05) is 19.9 Å². The molecule has 1 aromatic carbocycles. The molecule has 0 heterocycles. The molecule has 1 aromatic rings. The van der Waals surface area contributed by atoms with Crippen LogP contribution >= 0.6 is 11.8 Å². The van der Waals surface area contributed by atoms with Crippen LogP contribution in [0.2, 0.25) is 0 Å². The van der Waals surface area contributed by atoms with Crippen LogP contribution in [0.4, 0.5) is 0 Å². The number of carbonyl (C=O) groups is 1. The third kappa shape index (κ3) is 5.10. The Morgan fingerprint density at radius 3 is 2.94 bits per heavy atom. The highest BCUT2D eigenvalue weighted by Crippen LogP contribution is 2.14. The Morgan fingerprint density at radius 1 is 1.53 bits per heavy atom. The second-order valence-electron chi connectivity index (χ2n) is 3.77. The van der Waals surface area contributed by atoms with Crippen molar-refractivity contribution in [3.8, 4) is 5.75 Å². The minimum Gasteiger partial charge on any atom is -0.493 e. The third-order valence-corrected chi connectivity index (χ3v) is 3.10. The normalized spacial score (nSPS) is 10.4. The van der Waals surface area contributed by atoms with Crippen molar-refractivity contribution in [3.63, 3.8) is 0 Å². The number of hydrogen-bond donors (Lipinski definition) is 2. The molecule has 0 saturated carbocycles. The molecule has 0 spiro atoms. The number of nitrogens with one attached hydrogen (secondary N) is 1. The number of nitrogens with two attached hydrogens (primary N) is 1. The van der Waals surface area contributed by atoms with Crippen LogP contribution < -0.4 is 16.0 Å². The van der Waals surface area contributed by atoms with Crippen LogP contribution in [0, 0.1) is 0 Å². The Morgan fingerprint density at radius 2 is 2.29 bits per heavy atom. The number of amides is 1. The SMILES string of the molecule is CC(C)SCCOc1cccc(C(=O)NN)c1. The lowest BCUT2D eigenvalue weighted by Gasteiger charge is -2.08. The van der Waals surface area contributed by atoms with Gasteiger partial charge in [0, 0.05) is 11.3 Å². The van der Waals surface area contributed by atoms with Crippen molar-refractivity contribution < 1.29 is 9.53 Å². The van der Waals surface area contributed by atoms with Gasteiger partial charge in [-0.25, -0.2) is 5.84 Å². The summed E-state index contributed by atoms with van der Waals surface area (Å²) in [4.78, 5) is 11.3. The topological polar surface area (TPSA) is 64.3 Å². The second-order valence-corrected chi connectivity index (χ2v) is 5.45. The Balaban J connectivity index is 2.46. The summed E-state index contributed by atoms with van der Waals surface area (Å²) < 4.78 is 5.55. The molecule has 0 aliphatic rings. The van der Waals surface area contributed by atoms with Crippen molar-refractivity contribution in [1.29, 1.82) is 0 Å². The summed E-state index contributed by atoms with van der Waals surface area (Å²) in [5.41, 5.74) is 2.59. The van der Waals surface area contributed by atoms with Crippen LogP contribution in [0.25, 0.3) is 0 Å². The first kappa shape index (κ1) is 13.9. The summed E-state index contributed by atoms with van der Waals surface area (Å²) in [6, 6.07) is 6.98. The fourth-order valence-corrected chi connectivity index (χ4v) is 1.90. The maximum Gasteiger partial charge on any atom is 0.265 e. The molecule has 0 atom stereocenters. The molecule has 0 unspecified atom stereocenters. The molecule has 1 amide bonds. The summed E-state index contributed by atoms with van der Waals surface area (Å²) >= 11 is 1.84. The molecule has 0 aliphatic heterocycles. The minimum atomic E-state index is -0.313. The first-order chi connectivity index (χ1) is 8.13. The van der Waals surface area contributed by atoms with E-state index < -0.39 is 0 Å². The van der Waals surface area contributed by atoms with E-state index in [0.29, 0.717) is 23.2 Å². The highest BCUT2D eigenvalue weighted by molar-refractivity contribution is 7.99. The van der Waals surface area contributed by atoms with E-state index in [9.17, 15) is 4.79 Å². The molecular formula is C12H18N2O2S. The number of hydrogen-bond acceptors (Lipinski definition) is 4. The molecule has 4 nitrogen and oxygen atoms in total. The van der Waals surface area contributed by atoms with Gasteiger partial charge in [0.1, 0.15) is 5.75 Å². The summed E-state index contributed by atoms with van der Waals surface area (Å²) in [5, 5.41) is 0.605. The van der Waals surface area contributed by atoms with Crippen molar-refractivity contribution in [2.75, 3.05) is 12.4 Å². The zero-order valence-corrected chi connectivity index (χ0v) is 10.9. The highest BCUT2D eigenvalue weighted by atomic mass is 32.2. The summed E-state index contributed by atoms with van der Waals surface area (Å²) in [5.74, 6) is 6.38. The van der Waals surface area contributed by atoms with E-state index in [-0.39, 0.29) is 5.91 Å². The molecule has 0 aliphatic carbocycles. The quantitative estimate of drug-likeness (QED) is 0.352. The van der Waals surface area contributed by atoms with Crippen molar-refractivity contribution in [3.05, 3.63) is 29.8 Å². The van der Waals surface area contributed by atoms with Gasteiger partial charge in [0.15, 0.2) is 0 Å². The van der Waals surface area contributed by atoms with Crippen LogP contribution in [0.15, 0.2) is 24.3 Å². The summed E-state index contributed by atoms with van der Waals surface area (Å²) in [7, 11) is 0. The first-order valence-corrected chi connectivity index (χ1v) is 6.53. The molecule has 3 N–H and O–H groups in total. The van der Waals surface area contributed by atoms with Gasteiger partial charge in [0.25, 0.3) is 5.91 Å². The van der Waals surface area contributed by atoms with E-state index in [1.165, 1.54) is 0 Å². The molecule has 0 bridgehead atoms. The number of benzene rings is 1. The Labute approximate surface area is 106 Å². The predicted octanol–water partition coefficient (Wildman–Crippen LogP) is 1.81. The van der Waals surface area contributed by atoms with Gasteiger partial charge in [-0.2, -0.15) is 11.8 Å². The van der Waals surface area contributed by atoms with Gasteiger partial charge in [-0.15, -0.1) is 0 Å². The molecule has 0 saturated heterocycles. The highest BCUT2D eigenvalue weighted by Gasteiger charge is 2.04. The van der Waals surface area contributed by atoms with E-state index in [0.717, 1.165) is 5.75 Å². The van der Waals surface area contributed by atoms with E-state index in [2.05, 4.69) is 19.3 Å². The Kier molecular flexibility index (Phi) is 5.86. The fourth-order valence-electron chi connectivity index (χ4n) is 1.25.